The molecule has 2 rings (SSSR count). The van der Waals surface area contributed by atoms with Crippen molar-refractivity contribution in [2.45, 2.75) is 38.3 Å². The van der Waals surface area contributed by atoms with E-state index in [9.17, 15) is 4.79 Å². The van der Waals surface area contributed by atoms with Crippen LogP contribution in [-0.4, -0.2) is 43.0 Å². The van der Waals surface area contributed by atoms with E-state index in [1.165, 1.54) is 18.4 Å². The molecule has 21 heavy (non-hydrogen) atoms. The van der Waals surface area contributed by atoms with Crippen LogP contribution < -0.4 is 10.6 Å². The Hall–Kier alpha value is -1.39. The molecule has 1 atom stereocenters. The highest BCUT2D eigenvalue weighted by atomic mass is 16.2. The first-order valence-corrected chi connectivity index (χ1v) is 7.81. The van der Waals surface area contributed by atoms with E-state index in [1.54, 1.807) is 0 Å². The predicted octanol–water partition coefficient (Wildman–Crippen LogP) is 1.94. The molecule has 1 saturated heterocycles. The van der Waals surface area contributed by atoms with Crippen LogP contribution in [0.1, 0.15) is 38.3 Å². The SMILES string of the molecule is CNC(C)(C)C(=O)NCC(c1ccccc1)N1CCCC1. The molecule has 1 aromatic carbocycles. The van der Waals surface area contributed by atoms with E-state index in [0.29, 0.717) is 6.54 Å². The number of carbonyl (C=O) groups excluding carboxylic acids is 1. The van der Waals surface area contributed by atoms with Gasteiger partial charge in [-0.25, -0.2) is 0 Å². The molecule has 1 amide bonds. The third-order valence-corrected chi connectivity index (χ3v) is 4.41. The van der Waals surface area contributed by atoms with Gasteiger partial charge in [0.05, 0.1) is 11.6 Å². The third-order valence-electron chi connectivity index (χ3n) is 4.41. The van der Waals surface area contributed by atoms with E-state index in [2.05, 4.69) is 39.8 Å². The number of nitrogens with zero attached hydrogens (tertiary/aromatic N) is 1. The maximum atomic E-state index is 12.3. The second-order valence-corrected chi connectivity index (χ2v) is 6.25. The van der Waals surface area contributed by atoms with Crippen LogP contribution in [-0.2, 0) is 4.79 Å². The van der Waals surface area contributed by atoms with Crippen molar-refractivity contribution in [3.63, 3.8) is 0 Å². The fourth-order valence-electron chi connectivity index (χ4n) is 2.71. The smallest absolute Gasteiger partial charge is 0.239 e. The quantitative estimate of drug-likeness (QED) is 0.841. The summed E-state index contributed by atoms with van der Waals surface area (Å²) in [4.78, 5) is 14.7. The lowest BCUT2D eigenvalue weighted by molar-refractivity contribution is -0.126. The Morgan fingerprint density at radius 1 is 1.24 bits per heavy atom. The summed E-state index contributed by atoms with van der Waals surface area (Å²) in [6, 6.07) is 10.7. The fourth-order valence-corrected chi connectivity index (χ4v) is 2.71. The molecule has 0 radical (unpaired) electrons. The molecule has 1 aromatic rings. The predicted molar refractivity (Wildman–Crippen MR) is 86.1 cm³/mol. The van der Waals surface area contributed by atoms with Crippen molar-refractivity contribution in [3.8, 4) is 0 Å². The minimum Gasteiger partial charge on any atom is -0.353 e. The molecule has 2 N–H and O–H groups in total. The molecule has 116 valence electrons. The van der Waals surface area contributed by atoms with Gasteiger partial charge in [0.25, 0.3) is 0 Å². The lowest BCUT2D eigenvalue weighted by atomic mass is 10.0. The van der Waals surface area contributed by atoms with Gasteiger partial charge in [-0.3, -0.25) is 9.69 Å². The number of likely N-dealkylation sites (tertiary alicyclic amines) is 1. The Balaban J connectivity index is 2.05. The van der Waals surface area contributed by atoms with Crippen LogP contribution in [0.4, 0.5) is 0 Å². The van der Waals surface area contributed by atoms with Gasteiger partial charge in [0, 0.05) is 6.54 Å². The summed E-state index contributed by atoms with van der Waals surface area (Å²) in [6.45, 7) is 6.69. The molecule has 1 unspecified atom stereocenters. The second-order valence-electron chi connectivity index (χ2n) is 6.25. The Morgan fingerprint density at radius 2 is 1.86 bits per heavy atom. The topological polar surface area (TPSA) is 44.4 Å². The molecule has 4 nitrogen and oxygen atoms in total. The van der Waals surface area contributed by atoms with E-state index in [0.717, 1.165) is 13.1 Å². The van der Waals surface area contributed by atoms with Crippen molar-refractivity contribution >= 4 is 5.91 Å². The number of hydrogen-bond donors (Lipinski definition) is 2. The van der Waals surface area contributed by atoms with E-state index in [4.69, 9.17) is 0 Å². The van der Waals surface area contributed by atoms with Crippen LogP contribution in [0, 0.1) is 0 Å². The van der Waals surface area contributed by atoms with Gasteiger partial charge in [-0.15, -0.1) is 0 Å². The summed E-state index contributed by atoms with van der Waals surface area (Å²) in [6.07, 6.45) is 2.50. The summed E-state index contributed by atoms with van der Waals surface area (Å²) in [5.41, 5.74) is 0.744. The van der Waals surface area contributed by atoms with Gasteiger partial charge in [0.15, 0.2) is 0 Å². The summed E-state index contributed by atoms with van der Waals surface area (Å²) < 4.78 is 0. The highest BCUT2D eigenvalue weighted by Crippen LogP contribution is 2.24. The Bertz CT molecular complexity index is 452. The van der Waals surface area contributed by atoms with Crippen molar-refractivity contribution in [1.29, 1.82) is 0 Å². The highest BCUT2D eigenvalue weighted by molar-refractivity contribution is 5.85. The van der Waals surface area contributed by atoms with Crippen molar-refractivity contribution in [3.05, 3.63) is 35.9 Å². The number of hydrogen-bond acceptors (Lipinski definition) is 3. The largest absolute Gasteiger partial charge is 0.353 e. The van der Waals surface area contributed by atoms with Gasteiger partial charge in [0.1, 0.15) is 0 Å². The number of nitrogens with one attached hydrogen (secondary N) is 2. The second kappa shape index (κ2) is 7.05. The average molecular weight is 289 g/mol. The maximum absolute atomic E-state index is 12.3. The van der Waals surface area contributed by atoms with E-state index in [1.807, 2.05) is 27.0 Å². The Kier molecular flexibility index (Phi) is 5.37. The third kappa shape index (κ3) is 4.05. The summed E-state index contributed by atoms with van der Waals surface area (Å²) >= 11 is 0. The molecule has 0 aliphatic carbocycles. The van der Waals surface area contributed by atoms with Gasteiger partial charge in [0.2, 0.25) is 5.91 Å². The van der Waals surface area contributed by atoms with Crippen LogP contribution >= 0.6 is 0 Å². The molecule has 0 saturated carbocycles. The standard InChI is InChI=1S/C17H27N3O/c1-17(2,18-3)16(21)19-13-15(20-11-7-8-12-20)14-9-5-4-6-10-14/h4-6,9-10,15,18H,7-8,11-13H2,1-3H3,(H,19,21). The Morgan fingerprint density at radius 3 is 2.43 bits per heavy atom. The molecule has 4 heteroatoms. The summed E-state index contributed by atoms with van der Waals surface area (Å²) in [7, 11) is 1.81. The van der Waals surface area contributed by atoms with Gasteiger partial charge in [-0.2, -0.15) is 0 Å². The average Bonchev–Trinajstić information content (AvgIpc) is 3.02. The molecule has 0 aromatic heterocycles. The van der Waals surface area contributed by atoms with Gasteiger partial charge in [-0.05, 0) is 52.4 Å². The molecular formula is C17H27N3O. The number of likely N-dealkylation sites (N-methyl/N-ethyl adjacent to an activating group) is 1. The molecule has 1 aliphatic heterocycles. The van der Waals surface area contributed by atoms with E-state index >= 15 is 0 Å². The first kappa shape index (κ1) is 16.0. The van der Waals surface area contributed by atoms with Crippen molar-refractivity contribution in [2.75, 3.05) is 26.7 Å². The van der Waals surface area contributed by atoms with Gasteiger partial charge < -0.3 is 10.6 Å². The zero-order valence-corrected chi connectivity index (χ0v) is 13.4. The minimum atomic E-state index is -0.535. The molecule has 0 spiro atoms. The number of rotatable bonds is 6. The van der Waals surface area contributed by atoms with E-state index in [-0.39, 0.29) is 11.9 Å². The lowest BCUT2D eigenvalue weighted by Crippen LogP contribution is -2.52. The molecule has 1 heterocycles. The number of carbonyl (C=O) groups is 1. The monoisotopic (exact) mass is 289 g/mol. The molecule has 1 fully saturated rings. The molecular weight excluding hydrogens is 262 g/mol. The minimum absolute atomic E-state index is 0.0464. The van der Waals surface area contributed by atoms with Crippen LogP contribution in [0.15, 0.2) is 30.3 Å². The first-order valence-electron chi connectivity index (χ1n) is 7.81. The summed E-state index contributed by atoms with van der Waals surface area (Å²) in [5, 5.41) is 6.15. The summed E-state index contributed by atoms with van der Waals surface area (Å²) in [5.74, 6) is 0.0464. The number of benzene rings is 1. The van der Waals surface area contributed by atoms with Crippen LogP contribution in [0.2, 0.25) is 0 Å². The highest BCUT2D eigenvalue weighted by Gasteiger charge is 2.28. The van der Waals surface area contributed by atoms with Gasteiger partial charge >= 0.3 is 0 Å². The first-order chi connectivity index (χ1) is 10.0. The van der Waals surface area contributed by atoms with Crippen LogP contribution in [0.25, 0.3) is 0 Å². The maximum Gasteiger partial charge on any atom is 0.239 e. The number of amides is 1. The van der Waals surface area contributed by atoms with E-state index < -0.39 is 5.54 Å². The van der Waals surface area contributed by atoms with Crippen LogP contribution in [0.5, 0.6) is 0 Å². The van der Waals surface area contributed by atoms with Crippen molar-refractivity contribution in [2.24, 2.45) is 0 Å². The van der Waals surface area contributed by atoms with Crippen molar-refractivity contribution < 1.29 is 4.79 Å². The van der Waals surface area contributed by atoms with Crippen molar-refractivity contribution in [1.82, 2.24) is 15.5 Å². The van der Waals surface area contributed by atoms with Gasteiger partial charge in [-0.1, -0.05) is 30.3 Å². The van der Waals surface area contributed by atoms with Crippen LogP contribution in [0.3, 0.4) is 0 Å². The zero-order valence-electron chi connectivity index (χ0n) is 13.4. The Labute approximate surface area is 127 Å². The fraction of sp³-hybridized carbons (Fsp3) is 0.588. The molecule has 0 bridgehead atoms. The lowest BCUT2D eigenvalue weighted by Gasteiger charge is -2.30. The zero-order chi connectivity index (χ0) is 15.3. The normalized spacial score (nSPS) is 17.7. The molecule has 1 aliphatic rings.